The molecule has 0 saturated heterocycles. The van der Waals surface area contributed by atoms with Gasteiger partial charge in [-0.25, -0.2) is 0 Å². The summed E-state index contributed by atoms with van der Waals surface area (Å²) in [5.41, 5.74) is 10.7. The van der Waals surface area contributed by atoms with E-state index >= 15 is 0 Å². The number of carboxylic acid groups (broad SMARTS) is 1. The zero-order valence-corrected chi connectivity index (χ0v) is 16.5. The Bertz CT molecular complexity index is 804. The first kappa shape index (κ1) is 18.9. The Kier molecular flexibility index (Phi) is 5.99. The van der Waals surface area contributed by atoms with Crippen molar-refractivity contribution in [2.75, 3.05) is 6.61 Å². The third-order valence-corrected chi connectivity index (χ3v) is 5.47. The van der Waals surface area contributed by atoms with Crippen molar-refractivity contribution in [2.24, 2.45) is 5.73 Å². The van der Waals surface area contributed by atoms with Gasteiger partial charge in [-0.1, -0.05) is 34.1 Å². The number of fused-ring (bicyclic) bond motifs is 3. The first-order valence-corrected chi connectivity index (χ1v) is 9.75. The fourth-order valence-corrected chi connectivity index (χ4v) is 4.17. The lowest BCUT2D eigenvalue weighted by Crippen LogP contribution is -2.05. The van der Waals surface area contributed by atoms with E-state index in [1.54, 1.807) is 0 Å². The number of nitrogens with two attached hydrogens (primary N) is 1. The second-order valence-corrected chi connectivity index (χ2v) is 7.81. The Morgan fingerprint density at radius 1 is 1.35 bits per heavy atom. The number of halogens is 1. The lowest BCUT2D eigenvalue weighted by molar-refractivity contribution is -0.137. The number of rotatable bonds is 3. The molecule has 4 rings (SSSR count). The molecule has 0 saturated carbocycles. The largest absolute Gasteiger partial charge is 0.493 e. The van der Waals surface area contributed by atoms with Crippen LogP contribution in [0, 0.1) is 0 Å². The van der Waals surface area contributed by atoms with Crippen molar-refractivity contribution in [3.05, 3.63) is 63.1 Å². The van der Waals surface area contributed by atoms with E-state index in [1.807, 2.05) is 37.3 Å². The maximum atomic E-state index is 10.8. The second-order valence-electron chi connectivity index (χ2n) is 6.89. The number of carboxylic acids is 1. The van der Waals surface area contributed by atoms with E-state index in [9.17, 15) is 4.79 Å². The Balaban J connectivity index is 0.000000170. The lowest BCUT2D eigenvalue weighted by atomic mass is 9.92. The molecule has 1 heterocycles. The van der Waals surface area contributed by atoms with Gasteiger partial charge in [0.1, 0.15) is 5.75 Å². The molecule has 0 unspecified atom stereocenters. The van der Waals surface area contributed by atoms with Gasteiger partial charge in [-0.3, -0.25) is 4.79 Å². The van der Waals surface area contributed by atoms with Crippen LogP contribution in [0.1, 0.15) is 54.0 Å². The summed E-state index contributed by atoms with van der Waals surface area (Å²) in [4.78, 5) is 10.8. The van der Waals surface area contributed by atoms with Crippen LogP contribution in [0.5, 0.6) is 5.75 Å². The van der Waals surface area contributed by atoms with Crippen LogP contribution >= 0.6 is 15.9 Å². The third kappa shape index (κ3) is 4.27. The van der Waals surface area contributed by atoms with Crippen molar-refractivity contribution >= 4 is 21.9 Å². The molecule has 0 aromatic heterocycles. The van der Waals surface area contributed by atoms with Crippen molar-refractivity contribution in [1.29, 1.82) is 0 Å². The molecule has 0 spiro atoms. The van der Waals surface area contributed by atoms with Crippen LogP contribution < -0.4 is 10.5 Å². The van der Waals surface area contributed by atoms with E-state index in [0.717, 1.165) is 41.7 Å². The van der Waals surface area contributed by atoms with E-state index in [4.69, 9.17) is 15.6 Å². The Labute approximate surface area is 162 Å². The highest BCUT2D eigenvalue weighted by molar-refractivity contribution is 9.10. The summed E-state index contributed by atoms with van der Waals surface area (Å²) in [6.45, 7) is 2.72. The summed E-state index contributed by atoms with van der Waals surface area (Å²) in [7, 11) is 0. The quantitative estimate of drug-likeness (QED) is 0.765. The molecule has 0 bridgehead atoms. The van der Waals surface area contributed by atoms with Crippen LogP contribution in [0.25, 0.3) is 0 Å². The number of aliphatic carboxylic acids is 1. The van der Waals surface area contributed by atoms with Crippen molar-refractivity contribution in [1.82, 2.24) is 0 Å². The van der Waals surface area contributed by atoms with E-state index < -0.39 is 5.97 Å². The number of carbonyl (C=O) groups is 1. The minimum Gasteiger partial charge on any atom is -0.493 e. The standard InChI is InChI=1S/C13H14O3.C8H10BrN/c14-12(15)7-9-2-1-8-3-4-11-10(13(8)9)5-6-16-11;1-6(10)7-3-2-4-8(9)5-7/h3-4,9H,1-2,5-7H2,(H,14,15);2-6H,10H2,1H3/t9-;6-/m01/s1. The summed E-state index contributed by atoms with van der Waals surface area (Å²) in [6.07, 6.45) is 3.18. The highest BCUT2D eigenvalue weighted by Crippen LogP contribution is 2.43. The van der Waals surface area contributed by atoms with Gasteiger partial charge in [-0.15, -0.1) is 0 Å². The van der Waals surface area contributed by atoms with Gasteiger partial charge >= 0.3 is 5.97 Å². The van der Waals surface area contributed by atoms with Crippen LogP contribution in [0.4, 0.5) is 0 Å². The molecule has 1 aliphatic heterocycles. The fourth-order valence-electron chi connectivity index (χ4n) is 3.75. The summed E-state index contributed by atoms with van der Waals surface area (Å²) >= 11 is 3.37. The molecule has 0 radical (unpaired) electrons. The Morgan fingerprint density at radius 2 is 2.15 bits per heavy atom. The van der Waals surface area contributed by atoms with Gasteiger partial charge in [0, 0.05) is 22.5 Å². The van der Waals surface area contributed by atoms with Crippen molar-refractivity contribution in [2.45, 2.75) is 44.6 Å². The van der Waals surface area contributed by atoms with Gasteiger partial charge < -0.3 is 15.6 Å². The van der Waals surface area contributed by atoms with E-state index in [0.29, 0.717) is 0 Å². The minimum atomic E-state index is -0.700. The highest BCUT2D eigenvalue weighted by atomic mass is 79.9. The highest BCUT2D eigenvalue weighted by Gasteiger charge is 2.30. The number of aryl methyl sites for hydroxylation is 1. The molecule has 26 heavy (non-hydrogen) atoms. The maximum Gasteiger partial charge on any atom is 0.303 e. The average Bonchev–Trinajstić information content (AvgIpc) is 3.21. The normalized spacial score (nSPS) is 18.2. The van der Waals surface area contributed by atoms with Gasteiger partial charge in [-0.2, -0.15) is 0 Å². The fraction of sp³-hybridized carbons (Fsp3) is 0.381. The monoisotopic (exact) mass is 417 g/mol. The smallest absolute Gasteiger partial charge is 0.303 e. The molecular formula is C21H24BrNO3. The zero-order chi connectivity index (χ0) is 18.7. The van der Waals surface area contributed by atoms with Crippen LogP contribution in [-0.4, -0.2) is 17.7 Å². The molecule has 2 aromatic carbocycles. The predicted molar refractivity (Wildman–Crippen MR) is 106 cm³/mol. The van der Waals surface area contributed by atoms with Crippen LogP contribution in [0.2, 0.25) is 0 Å². The Morgan fingerprint density at radius 3 is 2.81 bits per heavy atom. The molecule has 2 aromatic rings. The average molecular weight is 418 g/mol. The number of benzene rings is 2. The molecule has 3 N–H and O–H groups in total. The molecule has 2 atom stereocenters. The van der Waals surface area contributed by atoms with Gasteiger partial charge in [0.05, 0.1) is 13.0 Å². The van der Waals surface area contributed by atoms with Crippen molar-refractivity contribution in [3.8, 4) is 5.75 Å². The summed E-state index contributed by atoms with van der Waals surface area (Å²) in [5, 5.41) is 8.92. The topological polar surface area (TPSA) is 72.6 Å². The molecule has 138 valence electrons. The third-order valence-electron chi connectivity index (χ3n) is 4.98. The molecule has 1 aliphatic carbocycles. The lowest BCUT2D eigenvalue weighted by Gasteiger charge is -2.12. The molecule has 2 aliphatic rings. The first-order valence-electron chi connectivity index (χ1n) is 8.96. The van der Waals surface area contributed by atoms with Crippen molar-refractivity contribution < 1.29 is 14.6 Å². The maximum absolute atomic E-state index is 10.8. The number of hydrogen-bond donors (Lipinski definition) is 2. The van der Waals surface area contributed by atoms with E-state index in [-0.39, 0.29) is 18.4 Å². The zero-order valence-electron chi connectivity index (χ0n) is 14.9. The Hall–Kier alpha value is -1.85. The van der Waals surface area contributed by atoms with Crippen LogP contribution in [-0.2, 0) is 17.6 Å². The summed E-state index contributed by atoms with van der Waals surface area (Å²) in [5.74, 6) is 0.467. The molecule has 5 heteroatoms. The van der Waals surface area contributed by atoms with Crippen LogP contribution in [0.3, 0.4) is 0 Å². The van der Waals surface area contributed by atoms with Gasteiger partial charge in [-0.05, 0) is 60.6 Å². The minimum absolute atomic E-state index is 0.123. The molecular weight excluding hydrogens is 394 g/mol. The SMILES string of the molecule is C[C@@H](N)c1cccc(Br)c1.O=C(O)C[C@@H]1CCc2ccc3c(c21)CCO3. The molecule has 4 nitrogen and oxygen atoms in total. The van der Waals surface area contributed by atoms with Crippen molar-refractivity contribution in [3.63, 3.8) is 0 Å². The van der Waals surface area contributed by atoms with Gasteiger partial charge in [0.25, 0.3) is 0 Å². The van der Waals surface area contributed by atoms with E-state index in [2.05, 4.69) is 22.0 Å². The summed E-state index contributed by atoms with van der Waals surface area (Å²) < 4.78 is 6.62. The molecule has 0 amide bonds. The van der Waals surface area contributed by atoms with Gasteiger partial charge in [0.15, 0.2) is 0 Å². The number of hydrogen-bond acceptors (Lipinski definition) is 3. The first-order chi connectivity index (χ1) is 12.5. The second kappa shape index (κ2) is 8.23. The predicted octanol–water partition coefficient (Wildman–Crippen LogP) is 4.59. The van der Waals surface area contributed by atoms with E-state index in [1.165, 1.54) is 16.7 Å². The van der Waals surface area contributed by atoms with Crippen LogP contribution in [0.15, 0.2) is 40.9 Å². The van der Waals surface area contributed by atoms with Gasteiger partial charge in [0.2, 0.25) is 0 Å². The number of ether oxygens (including phenoxy) is 1. The summed E-state index contributed by atoms with van der Waals surface area (Å²) in [6, 6.07) is 12.3. The molecule has 0 fully saturated rings.